The number of nitrogens with zero attached hydrogens (tertiary/aromatic N) is 2. The van der Waals surface area contributed by atoms with Crippen molar-refractivity contribution in [3.63, 3.8) is 0 Å². The van der Waals surface area contributed by atoms with Gasteiger partial charge in [-0.05, 0) is 17.8 Å². The van der Waals surface area contributed by atoms with Crippen LogP contribution in [0, 0.1) is 11.3 Å². The molecular formula is C16H29N5O2. The first kappa shape index (κ1) is 19.2. The lowest BCUT2D eigenvalue weighted by molar-refractivity contribution is -0.125. The van der Waals surface area contributed by atoms with Gasteiger partial charge in [0.1, 0.15) is 5.82 Å². The second kappa shape index (κ2) is 7.59. The van der Waals surface area contributed by atoms with Crippen LogP contribution in [0.15, 0.2) is 6.07 Å². The Hall–Kier alpha value is -1.89. The average Bonchev–Trinajstić information content (AvgIpc) is 2.72. The minimum atomic E-state index is -0.613. The van der Waals surface area contributed by atoms with Crippen LogP contribution in [0.2, 0.25) is 0 Å². The molecule has 4 N–H and O–H groups in total. The van der Waals surface area contributed by atoms with E-state index in [1.165, 1.54) is 0 Å². The summed E-state index contributed by atoms with van der Waals surface area (Å²) in [6.45, 7) is 10.0. The smallest absolute Gasteiger partial charge is 0.244 e. The first-order valence-electron chi connectivity index (χ1n) is 7.85. The topological polar surface area (TPSA) is 102 Å². The summed E-state index contributed by atoms with van der Waals surface area (Å²) in [5, 5.41) is 9.68. The average molecular weight is 323 g/mol. The van der Waals surface area contributed by atoms with Crippen LogP contribution < -0.4 is 16.4 Å². The minimum absolute atomic E-state index is 0.0232. The summed E-state index contributed by atoms with van der Waals surface area (Å²) in [5.41, 5.74) is 6.77. The number of carbonyl (C=O) groups excluding carboxylic acids is 2. The highest BCUT2D eigenvalue weighted by atomic mass is 16.2. The maximum absolute atomic E-state index is 11.9. The Labute approximate surface area is 138 Å². The van der Waals surface area contributed by atoms with E-state index in [0.29, 0.717) is 5.82 Å². The van der Waals surface area contributed by atoms with E-state index < -0.39 is 6.04 Å². The van der Waals surface area contributed by atoms with Gasteiger partial charge >= 0.3 is 0 Å². The number of nitrogens with one attached hydrogen (secondary N) is 2. The predicted molar refractivity (Wildman–Crippen MR) is 90.8 cm³/mol. The molecule has 0 bridgehead atoms. The van der Waals surface area contributed by atoms with Gasteiger partial charge in [-0.2, -0.15) is 5.10 Å². The Kier molecular flexibility index (Phi) is 6.32. The molecule has 0 aliphatic heterocycles. The van der Waals surface area contributed by atoms with Gasteiger partial charge in [0.25, 0.3) is 0 Å². The molecule has 1 aromatic heterocycles. The number of aryl methyl sites for hydroxylation is 1. The number of hydrogen-bond donors (Lipinski definition) is 3. The third-order valence-corrected chi connectivity index (χ3v) is 3.35. The first-order valence-corrected chi connectivity index (χ1v) is 7.85. The van der Waals surface area contributed by atoms with E-state index in [4.69, 9.17) is 5.73 Å². The molecule has 7 heteroatoms. The quantitative estimate of drug-likeness (QED) is 0.728. The van der Waals surface area contributed by atoms with Gasteiger partial charge in [0.2, 0.25) is 11.8 Å². The molecule has 23 heavy (non-hydrogen) atoms. The highest BCUT2D eigenvalue weighted by Crippen LogP contribution is 2.21. The standard InChI is InChI=1S/C16H29N5O2/c1-10(2)14(17)15(23)18-9-13(22)19-12-7-11(20-21(12)6)8-16(3,4)5/h7,10,14H,8-9,17H2,1-6H3,(H,18,23)(H,19,22)/t14-/m0/s1. The second-order valence-electron chi connectivity index (χ2n) is 7.42. The van der Waals surface area contributed by atoms with E-state index in [0.717, 1.165) is 12.1 Å². The Balaban J connectivity index is 2.56. The molecule has 0 aliphatic rings. The number of carbonyl (C=O) groups is 2. The van der Waals surface area contributed by atoms with Crippen LogP contribution in [0.1, 0.15) is 40.3 Å². The summed E-state index contributed by atoms with van der Waals surface area (Å²) in [7, 11) is 1.77. The molecule has 1 atom stereocenters. The van der Waals surface area contributed by atoms with Crippen LogP contribution in [0.3, 0.4) is 0 Å². The highest BCUT2D eigenvalue weighted by Gasteiger charge is 2.19. The van der Waals surface area contributed by atoms with Crippen molar-refractivity contribution in [2.75, 3.05) is 11.9 Å². The predicted octanol–water partition coefficient (Wildman–Crippen LogP) is 1.05. The van der Waals surface area contributed by atoms with E-state index >= 15 is 0 Å². The summed E-state index contributed by atoms with van der Waals surface area (Å²) in [4.78, 5) is 23.7. The first-order chi connectivity index (χ1) is 10.5. The summed E-state index contributed by atoms with van der Waals surface area (Å²) in [6.07, 6.45) is 0.816. The molecule has 0 radical (unpaired) electrons. The van der Waals surface area contributed by atoms with Gasteiger partial charge in [-0.25, -0.2) is 0 Å². The van der Waals surface area contributed by atoms with Crippen molar-refractivity contribution >= 4 is 17.6 Å². The van der Waals surface area contributed by atoms with Crippen LogP contribution in [0.5, 0.6) is 0 Å². The monoisotopic (exact) mass is 323 g/mol. The van der Waals surface area contributed by atoms with Gasteiger partial charge < -0.3 is 16.4 Å². The fourth-order valence-corrected chi connectivity index (χ4v) is 2.05. The van der Waals surface area contributed by atoms with E-state index in [2.05, 4.69) is 36.5 Å². The zero-order chi connectivity index (χ0) is 17.8. The van der Waals surface area contributed by atoms with Crippen LogP contribution in [-0.2, 0) is 23.1 Å². The van der Waals surface area contributed by atoms with E-state index in [9.17, 15) is 9.59 Å². The van der Waals surface area contributed by atoms with Crippen LogP contribution >= 0.6 is 0 Å². The second-order valence-corrected chi connectivity index (χ2v) is 7.42. The van der Waals surface area contributed by atoms with Gasteiger partial charge in [-0.1, -0.05) is 34.6 Å². The Morgan fingerprint density at radius 1 is 1.35 bits per heavy atom. The van der Waals surface area contributed by atoms with Crippen LogP contribution in [0.25, 0.3) is 0 Å². The Morgan fingerprint density at radius 2 is 1.96 bits per heavy atom. The fourth-order valence-electron chi connectivity index (χ4n) is 2.05. The number of amides is 2. The van der Waals surface area contributed by atoms with Crippen molar-refractivity contribution in [1.29, 1.82) is 0 Å². The molecule has 2 amide bonds. The largest absolute Gasteiger partial charge is 0.346 e. The van der Waals surface area contributed by atoms with Crippen molar-refractivity contribution < 1.29 is 9.59 Å². The molecule has 0 saturated carbocycles. The van der Waals surface area contributed by atoms with Gasteiger partial charge in [0.05, 0.1) is 18.3 Å². The fraction of sp³-hybridized carbons (Fsp3) is 0.688. The highest BCUT2D eigenvalue weighted by molar-refractivity contribution is 5.94. The molecule has 0 aromatic carbocycles. The third-order valence-electron chi connectivity index (χ3n) is 3.35. The summed E-state index contributed by atoms with van der Waals surface area (Å²) in [6, 6.07) is 1.24. The maximum atomic E-state index is 11.9. The zero-order valence-electron chi connectivity index (χ0n) is 14.9. The molecule has 1 rings (SSSR count). The van der Waals surface area contributed by atoms with E-state index in [1.807, 2.05) is 19.9 Å². The van der Waals surface area contributed by atoms with E-state index in [-0.39, 0.29) is 29.7 Å². The van der Waals surface area contributed by atoms with Crippen molar-refractivity contribution in [3.05, 3.63) is 11.8 Å². The minimum Gasteiger partial charge on any atom is -0.346 e. The number of nitrogens with two attached hydrogens (primary N) is 1. The number of hydrogen-bond acceptors (Lipinski definition) is 4. The molecule has 0 fully saturated rings. The lowest BCUT2D eigenvalue weighted by Crippen LogP contribution is -2.46. The van der Waals surface area contributed by atoms with Gasteiger partial charge in [-0.15, -0.1) is 0 Å². The van der Waals surface area contributed by atoms with E-state index in [1.54, 1.807) is 11.7 Å². The third kappa shape index (κ3) is 6.40. The zero-order valence-corrected chi connectivity index (χ0v) is 14.9. The molecule has 1 heterocycles. The molecule has 0 spiro atoms. The molecule has 0 saturated heterocycles. The molecular weight excluding hydrogens is 294 g/mol. The SMILES string of the molecule is CC(C)[C@H](N)C(=O)NCC(=O)Nc1cc(CC(C)(C)C)nn1C. The molecule has 1 aromatic rings. The molecule has 130 valence electrons. The molecule has 0 unspecified atom stereocenters. The van der Waals surface area contributed by atoms with Crippen LogP contribution in [0.4, 0.5) is 5.82 Å². The molecule has 7 nitrogen and oxygen atoms in total. The summed E-state index contributed by atoms with van der Waals surface area (Å²) in [5.74, 6) is -0.0000548. The maximum Gasteiger partial charge on any atom is 0.244 e. The number of anilines is 1. The Morgan fingerprint density at radius 3 is 2.48 bits per heavy atom. The Bertz CT molecular complexity index is 557. The molecule has 0 aliphatic carbocycles. The van der Waals surface area contributed by atoms with Crippen molar-refractivity contribution in [2.45, 2.75) is 47.1 Å². The lowest BCUT2D eigenvalue weighted by atomic mass is 9.91. The van der Waals surface area contributed by atoms with Gasteiger partial charge in [-0.3, -0.25) is 14.3 Å². The summed E-state index contributed by atoms with van der Waals surface area (Å²) < 4.78 is 1.63. The van der Waals surface area contributed by atoms with Gasteiger partial charge in [0.15, 0.2) is 0 Å². The van der Waals surface area contributed by atoms with Crippen LogP contribution in [-0.4, -0.2) is 34.2 Å². The van der Waals surface area contributed by atoms with Crippen molar-refractivity contribution in [1.82, 2.24) is 15.1 Å². The number of aromatic nitrogens is 2. The van der Waals surface area contributed by atoms with Gasteiger partial charge in [0, 0.05) is 13.1 Å². The lowest BCUT2D eigenvalue weighted by Gasteiger charge is -2.15. The number of rotatable bonds is 6. The van der Waals surface area contributed by atoms with Crippen molar-refractivity contribution in [2.24, 2.45) is 24.1 Å². The summed E-state index contributed by atoms with van der Waals surface area (Å²) >= 11 is 0. The normalized spacial score (nSPS) is 13.0. The van der Waals surface area contributed by atoms with Crippen molar-refractivity contribution in [3.8, 4) is 0 Å².